The Morgan fingerprint density at radius 1 is 1.25 bits per heavy atom. The molecule has 0 bridgehead atoms. The summed E-state index contributed by atoms with van der Waals surface area (Å²) in [6.07, 6.45) is -0.325. The summed E-state index contributed by atoms with van der Waals surface area (Å²) in [4.78, 5) is 10.9. The molecule has 1 aromatic carbocycles. The van der Waals surface area contributed by atoms with Crippen LogP contribution in [0.5, 0.6) is 0 Å². The van der Waals surface area contributed by atoms with Crippen LogP contribution in [0, 0.1) is 0 Å². The zero-order valence-electron chi connectivity index (χ0n) is 8.50. The molecule has 0 atom stereocenters. The lowest BCUT2D eigenvalue weighted by molar-refractivity contribution is -0.134. The molecular weight excluding hydrogens is 232 g/mol. The van der Waals surface area contributed by atoms with Crippen LogP contribution in [0.25, 0.3) is 0 Å². The van der Waals surface area contributed by atoms with Gasteiger partial charge >= 0.3 is 16.1 Å². The van der Waals surface area contributed by atoms with Gasteiger partial charge in [0.25, 0.3) is 0 Å². The van der Waals surface area contributed by atoms with Gasteiger partial charge in [-0.05, 0) is 5.56 Å². The van der Waals surface area contributed by atoms with E-state index in [4.69, 9.17) is 5.11 Å². The number of carbonyl (C=O) groups is 1. The molecule has 88 valence electrons. The predicted molar refractivity (Wildman–Crippen MR) is 56.9 cm³/mol. The van der Waals surface area contributed by atoms with Gasteiger partial charge in [0.1, 0.15) is 5.75 Å². The second kappa shape index (κ2) is 5.62. The molecule has 6 heteroatoms. The first-order chi connectivity index (χ1) is 7.53. The van der Waals surface area contributed by atoms with Crippen molar-refractivity contribution >= 4 is 16.1 Å². The summed E-state index contributed by atoms with van der Waals surface area (Å²) in [6, 6.07) is 8.39. The van der Waals surface area contributed by atoms with Gasteiger partial charge in [0, 0.05) is 0 Å². The highest BCUT2D eigenvalue weighted by Gasteiger charge is 2.17. The molecule has 0 unspecified atom stereocenters. The lowest BCUT2D eigenvalue weighted by Gasteiger charge is -2.04. The molecule has 0 saturated carbocycles. The van der Waals surface area contributed by atoms with Gasteiger partial charge in [-0.25, -0.2) is 0 Å². The normalized spacial score (nSPS) is 11.1. The summed E-state index contributed by atoms with van der Waals surface area (Å²) in [5, 5.41) is 8.43. The summed E-state index contributed by atoms with van der Waals surface area (Å²) < 4.78 is 27.0. The van der Waals surface area contributed by atoms with Crippen LogP contribution < -0.4 is 0 Å². The van der Waals surface area contributed by atoms with E-state index in [-0.39, 0.29) is 12.2 Å². The zero-order chi connectivity index (χ0) is 12.0. The van der Waals surface area contributed by atoms with Crippen LogP contribution in [-0.4, -0.2) is 26.1 Å². The highest BCUT2D eigenvalue weighted by Crippen LogP contribution is 2.07. The van der Waals surface area contributed by atoms with Crippen molar-refractivity contribution in [2.45, 2.75) is 12.2 Å². The van der Waals surface area contributed by atoms with Crippen molar-refractivity contribution in [1.29, 1.82) is 0 Å². The minimum Gasteiger partial charge on any atom is -0.396 e. The van der Waals surface area contributed by atoms with Crippen LogP contribution in [0.1, 0.15) is 12.0 Å². The third-order valence-corrected chi connectivity index (χ3v) is 2.85. The van der Waals surface area contributed by atoms with E-state index in [1.54, 1.807) is 30.3 Å². The van der Waals surface area contributed by atoms with E-state index in [1.165, 1.54) is 0 Å². The van der Waals surface area contributed by atoms with Gasteiger partial charge in [-0.3, -0.25) is 4.79 Å². The zero-order valence-corrected chi connectivity index (χ0v) is 9.31. The van der Waals surface area contributed by atoms with Gasteiger partial charge in [-0.1, -0.05) is 30.3 Å². The SMILES string of the molecule is O=C(CCO)OS(=O)(=O)Cc1ccccc1. The van der Waals surface area contributed by atoms with Crippen LogP contribution in [-0.2, 0) is 24.8 Å². The molecule has 0 fully saturated rings. The Labute approximate surface area is 93.8 Å². The van der Waals surface area contributed by atoms with E-state index < -0.39 is 22.7 Å². The molecule has 0 aliphatic rings. The molecule has 0 spiro atoms. The molecule has 0 radical (unpaired) electrons. The molecule has 16 heavy (non-hydrogen) atoms. The Morgan fingerprint density at radius 3 is 2.44 bits per heavy atom. The van der Waals surface area contributed by atoms with Gasteiger partial charge in [-0.2, -0.15) is 8.42 Å². The highest BCUT2D eigenvalue weighted by molar-refractivity contribution is 7.86. The topological polar surface area (TPSA) is 80.7 Å². The lowest BCUT2D eigenvalue weighted by atomic mass is 10.2. The maximum atomic E-state index is 11.4. The van der Waals surface area contributed by atoms with Crippen molar-refractivity contribution in [2.75, 3.05) is 6.61 Å². The number of aliphatic hydroxyl groups excluding tert-OH is 1. The van der Waals surface area contributed by atoms with Crippen molar-refractivity contribution in [3.05, 3.63) is 35.9 Å². The molecular formula is C10H12O5S. The molecule has 0 aliphatic carbocycles. The van der Waals surface area contributed by atoms with Crippen LogP contribution in [0.4, 0.5) is 0 Å². The predicted octanol–water partition coefficient (Wildman–Crippen LogP) is 0.442. The van der Waals surface area contributed by atoms with E-state index in [9.17, 15) is 13.2 Å². The van der Waals surface area contributed by atoms with Crippen LogP contribution in [0.2, 0.25) is 0 Å². The van der Waals surface area contributed by atoms with Crippen LogP contribution in [0.3, 0.4) is 0 Å². The Bertz CT molecular complexity index is 438. The number of rotatable bonds is 5. The first kappa shape index (κ1) is 12.7. The van der Waals surface area contributed by atoms with Crippen LogP contribution in [0.15, 0.2) is 30.3 Å². The quantitative estimate of drug-likeness (QED) is 0.760. The molecule has 1 N–H and O–H groups in total. The Hall–Kier alpha value is -1.40. The van der Waals surface area contributed by atoms with E-state index in [0.717, 1.165) is 0 Å². The van der Waals surface area contributed by atoms with Crippen molar-refractivity contribution in [3.63, 3.8) is 0 Å². The molecule has 0 heterocycles. The Kier molecular flexibility index (Phi) is 4.45. The van der Waals surface area contributed by atoms with Crippen molar-refractivity contribution in [3.8, 4) is 0 Å². The summed E-state index contributed by atoms with van der Waals surface area (Å²) in [7, 11) is -3.92. The molecule has 1 aromatic rings. The number of benzene rings is 1. The second-order valence-corrected chi connectivity index (χ2v) is 4.69. The fraction of sp³-hybridized carbons (Fsp3) is 0.300. The fourth-order valence-corrected chi connectivity index (χ4v) is 2.11. The maximum Gasteiger partial charge on any atom is 0.324 e. The molecule has 0 aliphatic heterocycles. The largest absolute Gasteiger partial charge is 0.396 e. The van der Waals surface area contributed by atoms with E-state index in [1.807, 2.05) is 0 Å². The number of hydrogen-bond acceptors (Lipinski definition) is 5. The number of hydrogen-bond donors (Lipinski definition) is 1. The van der Waals surface area contributed by atoms with Gasteiger partial charge in [-0.15, -0.1) is 0 Å². The maximum absolute atomic E-state index is 11.4. The van der Waals surface area contributed by atoms with Crippen LogP contribution >= 0.6 is 0 Å². The average Bonchev–Trinajstić information content (AvgIpc) is 2.17. The first-order valence-corrected chi connectivity index (χ1v) is 6.21. The fourth-order valence-electron chi connectivity index (χ4n) is 1.08. The van der Waals surface area contributed by atoms with E-state index >= 15 is 0 Å². The molecule has 0 amide bonds. The van der Waals surface area contributed by atoms with E-state index in [2.05, 4.69) is 4.18 Å². The third kappa shape index (κ3) is 4.41. The minimum atomic E-state index is -3.92. The summed E-state index contributed by atoms with van der Waals surface area (Å²) >= 11 is 0. The average molecular weight is 244 g/mol. The number of carbonyl (C=O) groups excluding carboxylic acids is 1. The van der Waals surface area contributed by atoms with E-state index in [0.29, 0.717) is 5.56 Å². The minimum absolute atomic E-state index is 0.325. The van der Waals surface area contributed by atoms with Gasteiger partial charge < -0.3 is 9.29 Å². The summed E-state index contributed by atoms with van der Waals surface area (Å²) in [6.45, 7) is -0.431. The first-order valence-electron chi connectivity index (χ1n) is 4.63. The molecule has 1 rings (SSSR count). The molecule has 0 aromatic heterocycles. The monoisotopic (exact) mass is 244 g/mol. The third-order valence-electron chi connectivity index (χ3n) is 1.72. The highest BCUT2D eigenvalue weighted by atomic mass is 32.2. The lowest BCUT2D eigenvalue weighted by Crippen LogP contribution is -2.15. The molecule has 5 nitrogen and oxygen atoms in total. The van der Waals surface area contributed by atoms with Crippen molar-refractivity contribution in [2.24, 2.45) is 0 Å². The Balaban J connectivity index is 2.63. The van der Waals surface area contributed by atoms with Gasteiger partial charge in [0.05, 0.1) is 13.0 Å². The second-order valence-electron chi connectivity index (χ2n) is 3.12. The Morgan fingerprint density at radius 2 is 1.88 bits per heavy atom. The van der Waals surface area contributed by atoms with Crippen molar-refractivity contribution in [1.82, 2.24) is 0 Å². The standard InChI is InChI=1S/C10H12O5S/c11-7-6-10(12)15-16(13,14)8-9-4-2-1-3-5-9/h1-5,11H,6-8H2. The summed E-state index contributed by atoms with van der Waals surface area (Å²) in [5.74, 6) is -1.30. The van der Waals surface area contributed by atoms with Gasteiger partial charge in [0.2, 0.25) is 0 Å². The summed E-state index contributed by atoms with van der Waals surface area (Å²) in [5.41, 5.74) is 0.541. The molecule has 0 saturated heterocycles. The number of aliphatic hydroxyl groups is 1. The van der Waals surface area contributed by atoms with Crippen molar-refractivity contribution < 1.29 is 22.5 Å². The smallest absolute Gasteiger partial charge is 0.324 e. The van der Waals surface area contributed by atoms with Gasteiger partial charge in [0.15, 0.2) is 0 Å².